The van der Waals surface area contributed by atoms with E-state index in [9.17, 15) is 29.4 Å². The highest BCUT2D eigenvalue weighted by Crippen LogP contribution is 2.47. The first-order chi connectivity index (χ1) is 28.9. The summed E-state index contributed by atoms with van der Waals surface area (Å²) >= 11 is 6.72. The average Bonchev–Trinajstić information content (AvgIpc) is 3.25. The van der Waals surface area contributed by atoms with Crippen molar-refractivity contribution in [2.75, 3.05) is 17.7 Å². The summed E-state index contributed by atoms with van der Waals surface area (Å²) in [6.07, 6.45) is 0.250. The number of hydrogen-bond donors (Lipinski definition) is 4. The van der Waals surface area contributed by atoms with Crippen LogP contribution in [0.25, 0.3) is 55.2 Å². The Bertz CT molecular complexity index is 3100. The van der Waals surface area contributed by atoms with Crippen molar-refractivity contribution >= 4 is 79.6 Å². The third-order valence-electron chi connectivity index (χ3n) is 9.80. The molecule has 14 nitrogen and oxygen atoms in total. The zero-order chi connectivity index (χ0) is 42.7. The number of methoxy groups -OCH3 is 1. The summed E-state index contributed by atoms with van der Waals surface area (Å²) in [5.74, 6) is -2.14. The highest BCUT2D eigenvalue weighted by Gasteiger charge is 2.28. The molecule has 0 atom stereocenters. The van der Waals surface area contributed by atoms with E-state index in [-0.39, 0.29) is 80.6 Å². The van der Waals surface area contributed by atoms with E-state index >= 15 is 0 Å². The molecular formula is C45H31ClN4O10. The smallest absolute Gasteiger partial charge is 0.373 e. The second kappa shape index (κ2) is 16.9. The maximum atomic E-state index is 13.8. The van der Waals surface area contributed by atoms with E-state index in [4.69, 9.17) is 30.3 Å². The SMILES string of the molecule is COC(=O)c1ccc2cccc(NCc3c(O)c(Cl)cc4c(-c5ccccc5C(=O)O)c5ccc(=O)c(CNc6cccc7ccc(C(C)=O)nc67)c-5oc34)c2n1.O=C=O. The van der Waals surface area contributed by atoms with E-state index in [0.29, 0.717) is 44.5 Å². The molecule has 2 aliphatic rings. The third kappa shape index (κ3) is 7.59. The first kappa shape index (κ1) is 40.3. The first-order valence-corrected chi connectivity index (χ1v) is 18.4. The van der Waals surface area contributed by atoms with Crippen LogP contribution < -0.4 is 16.1 Å². The Hall–Kier alpha value is -7.93. The van der Waals surface area contributed by atoms with Gasteiger partial charge in [0.25, 0.3) is 0 Å². The number of ether oxygens (including phenoxy) is 1. The summed E-state index contributed by atoms with van der Waals surface area (Å²) < 4.78 is 11.5. The zero-order valence-corrected chi connectivity index (χ0v) is 32.4. The van der Waals surface area contributed by atoms with Crippen LogP contribution in [-0.2, 0) is 27.4 Å². The monoisotopic (exact) mass is 822 g/mol. The maximum absolute atomic E-state index is 13.8. The average molecular weight is 823 g/mol. The Balaban J connectivity index is 0.00000176. The molecule has 1 aliphatic carbocycles. The molecular weight excluding hydrogens is 792 g/mol. The molecule has 298 valence electrons. The van der Waals surface area contributed by atoms with Gasteiger partial charge in [0, 0.05) is 47.3 Å². The standard InChI is InChI=1S/C44H31ClN4O8.CO2/c1-22(50)32-16-13-23-7-5-11-33(38(23)48-32)46-20-29-36(51)18-15-27-37(25-9-3-4-10-26(25)43(53)54)28-19-31(45)40(52)30(42(28)57-41(27)29)21-47-34-12-6-8-24-14-17-35(44(55)56-2)49-39(24)34;2-1-3/h3-19,46-47,52H,20-21H2,1-2H3,(H,53,54);. The summed E-state index contributed by atoms with van der Waals surface area (Å²) in [6.45, 7) is 1.31. The largest absolute Gasteiger partial charge is 0.506 e. The number of phenols is 1. The Morgan fingerprint density at radius 1 is 0.783 bits per heavy atom. The number of aromatic nitrogens is 2. The Labute approximate surface area is 344 Å². The van der Waals surface area contributed by atoms with Gasteiger partial charge in [-0.2, -0.15) is 9.59 Å². The predicted octanol–water partition coefficient (Wildman–Crippen LogP) is 8.35. The van der Waals surface area contributed by atoms with Crippen LogP contribution >= 0.6 is 11.6 Å². The number of fused-ring (bicyclic) bond motifs is 4. The van der Waals surface area contributed by atoms with E-state index in [1.165, 1.54) is 32.2 Å². The highest BCUT2D eigenvalue weighted by molar-refractivity contribution is 6.33. The fourth-order valence-corrected chi connectivity index (χ4v) is 7.24. The number of carboxylic acid groups (broad SMARTS) is 1. The van der Waals surface area contributed by atoms with Crippen LogP contribution in [0.4, 0.5) is 11.4 Å². The molecule has 2 aromatic heterocycles. The van der Waals surface area contributed by atoms with Crippen molar-refractivity contribution in [3.05, 3.63) is 146 Å². The lowest BCUT2D eigenvalue weighted by molar-refractivity contribution is -0.191. The van der Waals surface area contributed by atoms with Crippen LogP contribution in [0.2, 0.25) is 5.02 Å². The molecule has 8 rings (SSSR count). The fourth-order valence-electron chi connectivity index (χ4n) is 7.02. The molecule has 4 aromatic carbocycles. The van der Waals surface area contributed by atoms with Crippen LogP contribution in [-0.4, -0.2) is 51.2 Å². The van der Waals surface area contributed by atoms with Crippen molar-refractivity contribution in [2.45, 2.75) is 20.0 Å². The second-order valence-electron chi connectivity index (χ2n) is 13.3. The number of hydrogen-bond acceptors (Lipinski definition) is 13. The summed E-state index contributed by atoms with van der Waals surface area (Å²) in [7, 11) is 1.27. The number of carbonyl (C=O) groups is 3. The third-order valence-corrected chi connectivity index (χ3v) is 10.1. The van der Waals surface area contributed by atoms with Crippen molar-refractivity contribution in [3.63, 3.8) is 0 Å². The summed E-state index contributed by atoms with van der Waals surface area (Å²) in [5, 5.41) is 30.3. The molecule has 0 saturated carbocycles. The van der Waals surface area contributed by atoms with Gasteiger partial charge in [0.1, 0.15) is 28.5 Å². The van der Waals surface area contributed by atoms with E-state index in [1.54, 1.807) is 66.7 Å². The van der Waals surface area contributed by atoms with Crippen molar-refractivity contribution in [1.29, 1.82) is 0 Å². The number of nitrogens with one attached hydrogen (secondary N) is 2. The number of aromatic carboxylic acids is 1. The zero-order valence-electron chi connectivity index (χ0n) is 31.7. The van der Waals surface area contributed by atoms with Gasteiger partial charge in [-0.15, -0.1) is 0 Å². The fraction of sp³-hybridized carbons (Fsp3) is 0.0889. The quantitative estimate of drug-likeness (QED) is 0.0580. The Morgan fingerprint density at radius 3 is 2.00 bits per heavy atom. The number of phenolic OH excluding ortho intramolecular Hbond substituents is 1. The van der Waals surface area contributed by atoms with E-state index in [1.807, 2.05) is 18.2 Å². The molecule has 0 spiro atoms. The van der Waals surface area contributed by atoms with Gasteiger partial charge >= 0.3 is 18.1 Å². The molecule has 4 N–H and O–H groups in total. The normalized spacial score (nSPS) is 10.8. The van der Waals surface area contributed by atoms with Crippen molar-refractivity contribution in [2.24, 2.45) is 0 Å². The van der Waals surface area contributed by atoms with Gasteiger partial charge in [-0.3, -0.25) is 9.59 Å². The lowest BCUT2D eigenvalue weighted by Gasteiger charge is -2.21. The van der Waals surface area contributed by atoms with Crippen LogP contribution in [0.15, 0.2) is 112 Å². The number of halogens is 1. The number of benzene rings is 5. The lowest BCUT2D eigenvalue weighted by atomic mass is 9.88. The number of esters is 1. The number of rotatable bonds is 10. The minimum atomic E-state index is -1.18. The minimum Gasteiger partial charge on any atom is -0.506 e. The van der Waals surface area contributed by atoms with Crippen molar-refractivity contribution in [3.8, 4) is 28.2 Å². The van der Waals surface area contributed by atoms with E-state index in [0.717, 1.165) is 10.8 Å². The van der Waals surface area contributed by atoms with Crippen molar-refractivity contribution in [1.82, 2.24) is 9.97 Å². The second-order valence-corrected chi connectivity index (χ2v) is 13.7. The predicted molar refractivity (Wildman–Crippen MR) is 223 cm³/mol. The molecule has 6 aromatic rings. The molecule has 0 amide bonds. The number of ketones is 1. The number of Topliss-reactive ketones (excluding diaryl/α,β-unsaturated/α-hetero) is 1. The molecule has 60 heavy (non-hydrogen) atoms. The number of carbonyl (C=O) groups excluding carboxylic acids is 4. The Morgan fingerprint density at radius 2 is 1.38 bits per heavy atom. The summed E-state index contributed by atoms with van der Waals surface area (Å²) in [5.41, 5.74) is 3.84. The highest BCUT2D eigenvalue weighted by atomic mass is 35.5. The van der Waals surface area contributed by atoms with Gasteiger partial charge in [0.05, 0.1) is 51.2 Å². The van der Waals surface area contributed by atoms with Crippen molar-refractivity contribution < 1.29 is 43.3 Å². The van der Waals surface area contributed by atoms with E-state index < -0.39 is 11.9 Å². The molecule has 0 bridgehead atoms. The van der Waals surface area contributed by atoms with E-state index in [2.05, 4.69) is 20.6 Å². The van der Waals surface area contributed by atoms with Gasteiger partial charge in [0.2, 0.25) is 0 Å². The minimum absolute atomic E-state index is 0.00704. The molecule has 3 heterocycles. The van der Waals surface area contributed by atoms with Crippen LogP contribution in [0.3, 0.4) is 0 Å². The number of para-hydroxylation sites is 2. The molecule has 1 aliphatic heterocycles. The summed E-state index contributed by atoms with van der Waals surface area (Å²) in [6, 6.07) is 28.6. The van der Waals surface area contributed by atoms with Gasteiger partial charge < -0.3 is 30.0 Å². The maximum Gasteiger partial charge on any atom is 0.373 e. The van der Waals surface area contributed by atoms with Crippen LogP contribution in [0, 0.1) is 0 Å². The summed E-state index contributed by atoms with van der Waals surface area (Å²) in [4.78, 5) is 76.2. The van der Waals surface area contributed by atoms with Gasteiger partial charge in [-0.25, -0.2) is 19.6 Å². The number of nitrogens with zero attached hydrogens (tertiary/aromatic N) is 2. The number of anilines is 2. The lowest BCUT2D eigenvalue weighted by Crippen LogP contribution is -2.15. The molecule has 0 saturated heterocycles. The van der Waals surface area contributed by atoms with Gasteiger partial charge in [-0.05, 0) is 54.1 Å². The molecule has 0 radical (unpaired) electrons. The van der Waals surface area contributed by atoms with Gasteiger partial charge in [-0.1, -0.05) is 66.2 Å². The topological polar surface area (TPSA) is 215 Å². The molecule has 0 fully saturated rings. The number of aromatic hydroxyl groups is 1. The number of carboxylic acids is 1. The molecule has 0 unspecified atom stereocenters. The first-order valence-electron chi connectivity index (χ1n) is 18.1. The molecule has 15 heteroatoms. The Kier molecular flexibility index (Phi) is 11.3. The van der Waals surface area contributed by atoms with Gasteiger partial charge in [0.15, 0.2) is 11.2 Å². The van der Waals surface area contributed by atoms with Crippen LogP contribution in [0.1, 0.15) is 49.4 Å². The number of pyridine rings is 2. The van der Waals surface area contributed by atoms with Crippen LogP contribution in [0.5, 0.6) is 5.75 Å².